The van der Waals surface area contributed by atoms with Crippen LogP contribution in [0.5, 0.6) is 0 Å². The lowest BCUT2D eigenvalue weighted by atomic mass is 10.2. The lowest BCUT2D eigenvalue weighted by Gasteiger charge is -2.15. The monoisotopic (exact) mass is 395 g/mol. The molecule has 0 aliphatic heterocycles. The molecule has 0 radical (unpaired) electrons. The van der Waals surface area contributed by atoms with Gasteiger partial charge in [-0.3, -0.25) is 0 Å². The molecule has 1 aliphatic carbocycles. The smallest absolute Gasteiger partial charge is 0.269 e. The minimum absolute atomic E-state index is 0.197. The third-order valence-corrected chi connectivity index (χ3v) is 7.30. The number of aryl methyl sites for hydroxylation is 1. The van der Waals surface area contributed by atoms with E-state index in [1.165, 1.54) is 3.97 Å². The zero-order valence-corrected chi connectivity index (χ0v) is 16.3. The van der Waals surface area contributed by atoms with Crippen molar-refractivity contribution >= 4 is 32.1 Å². The molecule has 28 heavy (non-hydrogen) atoms. The van der Waals surface area contributed by atoms with Gasteiger partial charge in [0.25, 0.3) is 10.0 Å². The number of hydrogen-bond acceptors (Lipinski definition) is 5. The van der Waals surface area contributed by atoms with Crippen molar-refractivity contribution in [1.82, 2.24) is 18.5 Å². The Hall–Kier alpha value is -2.71. The second-order valence-corrected chi connectivity index (χ2v) is 9.23. The van der Waals surface area contributed by atoms with Gasteiger partial charge in [0.2, 0.25) is 0 Å². The summed E-state index contributed by atoms with van der Waals surface area (Å²) in [6.07, 6.45) is 6.13. The van der Waals surface area contributed by atoms with Crippen LogP contribution in [-0.2, 0) is 10.0 Å². The topological polar surface area (TPSA) is 95.8 Å². The molecule has 1 aliphatic rings. The van der Waals surface area contributed by atoms with Gasteiger partial charge < -0.3 is 10.3 Å². The van der Waals surface area contributed by atoms with Crippen LogP contribution < -0.4 is 5.73 Å². The summed E-state index contributed by atoms with van der Waals surface area (Å²) in [5, 5.41) is 0.790. The van der Waals surface area contributed by atoms with Crippen molar-refractivity contribution < 1.29 is 8.42 Å². The Bertz CT molecular complexity index is 1290. The maximum Gasteiger partial charge on any atom is 0.269 e. The Morgan fingerprint density at radius 2 is 1.93 bits per heavy atom. The van der Waals surface area contributed by atoms with Gasteiger partial charge in [0.1, 0.15) is 11.3 Å². The van der Waals surface area contributed by atoms with Gasteiger partial charge in [-0.2, -0.15) is 0 Å². The van der Waals surface area contributed by atoms with Gasteiger partial charge >= 0.3 is 0 Å². The largest absolute Gasteiger partial charge is 0.328 e. The fourth-order valence-corrected chi connectivity index (χ4v) is 5.66. The highest BCUT2D eigenvalue weighted by molar-refractivity contribution is 7.90. The Kier molecular flexibility index (Phi) is 3.82. The number of rotatable bonds is 3. The number of nitrogens with zero attached hydrogens (tertiary/aromatic N) is 4. The number of imidazole rings is 1. The van der Waals surface area contributed by atoms with E-state index >= 15 is 0 Å². The van der Waals surface area contributed by atoms with Crippen molar-refractivity contribution in [3.8, 4) is 0 Å². The molecule has 2 atom stereocenters. The van der Waals surface area contributed by atoms with Crippen LogP contribution in [0.15, 0.2) is 53.7 Å². The first-order valence-corrected chi connectivity index (χ1v) is 10.8. The Labute approximate surface area is 162 Å². The lowest BCUT2D eigenvalue weighted by Crippen LogP contribution is -2.16. The van der Waals surface area contributed by atoms with Crippen molar-refractivity contribution in [3.05, 3.63) is 54.6 Å². The molecule has 8 heteroatoms. The van der Waals surface area contributed by atoms with Crippen LogP contribution in [-0.4, -0.2) is 33.0 Å². The number of nitrogens with two attached hydrogens (primary N) is 1. The molecule has 1 aromatic carbocycles. The van der Waals surface area contributed by atoms with E-state index in [1.807, 2.05) is 13.0 Å². The summed E-state index contributed by atoms with van der Waals surface area (Å²) in [6, 6.07) is 10.7. The normalized spacial score (nSPS) is 20.4. The number of pyridine rings is 1. The Morgan fingerprint density at radius 1 is 1.14 bits per heavy atom. The number of fused-ring (bicyclic) bond motifs is 3. The average Bonchev–Trinajstić information content (AvgIpc) is 3.38. The number of aromatic nitrogens is 4. The van der Waals surface area contributed by atoms with Gasteiger partial charge in [0, 0.05) is 23.7 Å². The predicted molar refractivity (Wildman–Crippen MR) is 108 cm³/mol. The van der Waals surface area contributed by atoms with Crippen molar-refractivity contribution in [3.63, 3.8) is 0 Å². The van der Waals surface area contributed by atoms with Crippen LogP contribution in [0.25, 0.3) is 22.1 Å². The van der Waals surface area contributed by atoms with E-state index in [0.717, 1.165) is 41.5 Å². The molecule has 4 aromatic rings. The Morgan fingerprint density at radius 3 is 2.64 bits per heavy atom. The van der Waals surface area contributed by atoms with Crippen molar-refractivity contribution in [2.45, 2.75) is 43.2 Å². The summed E-state index contributed by atoms with van der Waals surface area (Å²) in [5.74, 6) is 0.905. The average molecular weight is 395 g/mol. The van der Waals surface area contributed by atoms with Crippen LogP contribution in [0.4, 0.5) is 0 Å². The van der Waals surface area contributed by atoms with Crippen molar-refractivity contribution in [2.24, 2.45) is 5.73 Å². The molecule has 0 saturated heterocycles. The molecule has 1 saturated carbocycles. The van der Waals surface area contributed by atoms with E-state index in [2.05, 4.69) is 14.5 Å². The highest BCUT2D eigenvalue weighted by Gasteiger charge is 2.28. The third-order valence-electron chi connectivity index (χ3n) is 5.62. The summed E-state index contributed by atoms with van der Waals surface area (Å²) in [4.78, 5) is 9.34. The van der Waals surface area contributed by atoms with Gasteiger partial charge in [-0.05, 0) is 44.4 Å². The molecule has 5 rings (SSSR count). The van der Waals surface area contributed by atoms with Crippen LogP contribution >= 0.6 is 0 Å². The second kappa shape index (κ2) is 6.15. The molecule has 0 bridgehead atoms. The molecule has 2 N–H and O–H groups in total. The highest BCUT2D eigenvalue weighted by atomic mass is 32.2. The molecule has 3 aromatic heterocycles. The molecule has 144 valence electrons. The first kappa shape index (κ1) is 17.4. The van der Waals surface area contributed by atoms with Crippen molar-refractivity contribution in [2.75, 3.05) is 0 Å². The van der Waals surface area contributed by atoms with E-state index in [1.54, 1.807) is 42.7 Å². The van der Waals surface area contributed by atoms with Gasteiger partial charge in [-0.1, -0.05) is 18.2 Å². The summed E-state index contributed by atoms with van der Waals surface area (Å²) in [6.45, 7) is 1.98. The standard InChI is InChI=1S/C20H21N5O2S/c1-13-23-18-12-22-20-17(19(18)25(13)15-8-7-14(21)11-15)9-10-24(20)28(26,27)16-5-3-2-4-6-16/h2-6,9-10,12,14-15H,7-8,11,21H2,1H3. The van der Waals surface area contributed by atoms with Crippen LogP contribution in [0.3, 0.4) is 0 Å². The van der Waals surface area contributed by atoms with Crippen LogP contribution in [0, 0.1) is 6.92 Å². The minimum Gasteiger partial charge on any atom is -0.328 e. The van der Waals surface area contributed by atoms with E-state index in [0.29, 0.717) is 5.65 Å². The Balaban J connectivity index is 1.75. The second-order valence-electron chi connectivity index (χ2n) is 7.41. The van der Waals surface area contributed by atoms with Crippen LogP contribution in [0.2, 0.25) is 0 Å². The van der Waals surface area contributed by atoms with Crippen LogP contribution in [0.1, 0.15) is 31.1 Å². The van der Waals surface area contributed by atoms with Gasteiger partial charge in [-0.15, -0.1) is 0 Å². The zero-order valence-electron chi connectivity index (χ0n) is 15.5. The maximum absolute atomic E-state index is 13.1. The van der Waals surface area contributed by atoms with E-state index in [9.17, 15) is 8.42 Å². The first-order valence-electron chi connectivity index (χ1n) is 9.37. The maximum atomic E-state index is 13.1. The SMILES string of the molecule is Cc1nc2cnc3c(ccn3S(=O)(=O)c3ccccc3)c2n1C1CCC(N)C1. The molecule has 1 fully saturated rings. The molecule has 7 nitrogen and oxygen atoms in total. The molecular weight excluding hydrogens is 374 g/mol. The van der Waals surface area contributed by atoms with Gasteiger partial charge in [0.15, 0.2) is 5.65 Å². The number of hydrogen-bond donors (Lipinski definition) is 1. The van der Waals surface area contributed by atoms with Gasteiger partial charge in [0.05, 0.1) is 16.6 Å². The van der Waals surface area contributed by atoms with Crippen molar-refractivity contribution in [1.29, 1.82) is 0 Å². The van der Waals surface area contributed by atoms with E-state index < -0.39 is 10.0 Å². The molecule has 0 amide bonds. The highest BCUT2D eigenvalue weighted by Crippen LogP contribution is 2.36. The summed E-state index contributed by atoms with van der Waals surface area (Å²) >= 11 is 0. The zero-order chi connectivity index (χ0) is 19.5. The first-order chi connectivity index (χ1) is 13.5. The fraction of sp³-hybridized carbons (Fsp3) is 0.300. The summed E-state index contributed by atoms with van der Waals surface area (Å²) in [7, 11) is -3.72. The number of benzene rings is 1. The van der Waals surface area contributed by atoms with E-state index in [-0.39, 0.29) is 17.0 Å². The summed E-state index contributed by atoms with van der Waals surface area (Å²) < 4.78 is 29.7. The molecule has 2 unspecified atom stereocenters. The van der Waals surface area contributed by atoms with E-state index in [4.69, 9.17) is 5.73 Å². The molecule has 0 spiro atoms. The fourth-order valence-electron chi connectivity index (χ4n) is 4.34. The minimum atomic E-state index is -3.72. The third kappa shape index (κ3) is 2.48. The quantitative estimate of drug-likeness (QED) is 0.575. The summed E-state index contributed by atoms with van der Waals surface area (Å²) in [5.41, 5.74) is 8.26. The van der Waals surface area contributed by atoms with Gasteiger partial charge in [-0.25, -0.2) is 22.4 Å². The molecular formula is C20H21N5O2S. The molecule has 3 heterocycles. The lowest BCUT2D eigenvalue weighted by molar-refractivity contribution is 0.512. The predicted octanol–water partition coefficient (Wildman–Crippen LogP) is 2.98.